The SMILES string of the molecule is CC1=CN=C(C#N)C(C)=CC1. The van der Waals surface area contributed by atoms with Crippen LogP contribution in [0.2, 0.25) is 0 Å². The lowest BCUT2D eigenvalue weighted by Crippen LogP contribution is -1.93. The maximum atomic E-state index is 8.62. The van der Waals surface area contributed by atoms with Crippen LogP contribution in [0.4, 0.5) is 0 Å². The summed E-state index contributed by atoms with van der Waals surface area (Å²) in [6, 6.07) is 2.05. The first kappa shape index (κ1) is 7.74. The van der Waals surface area contributed by atoms with E-state index in [0.29, 0.717) is 5.71 Å². The Bertz CT molecular complexity index is 287. The van der Waals surface area contributed by atoms with Crippen LogP contribution in [0, 0.1) is 11.3 Å². The summed E-state index contributed by atoms with van der Waals surface area (Å²) in [5.74, 6) is 0. The summed E-state index contributed by atoms with van der Waals surface area (Å²) in [6.07, 6.45) is 4.69. The smallest absolute Gasteiger partial charge is 0.143 e. The maximum Gasteiger partial charge on any atom is 0.143 e. The summed E-state index contributed by atoms with van der Waals surface area (Å²) in [7, 11) is 0. The van der Waals surface area contributed by atoms with E-state index in [1.807, 2.05) is 19.9 Å². The fourth-order valence-corrected chi connectivity index (χ4v) is 0.857. The third-order valence-electron chi connectivity index (χ3n) is 1.62. The molecule has 0 radical (unpaired) electrons. The Labute approximate surface area is 66.6 Å². The minimum absolute atomic E-state index is 0.529. The van der Waals surface area contributed by atoms with Crippen molar-refractivity contribution in [3.8, 4) is 6.07 Å². The van der Waals surface area contributed by atoms with Gasteiger partial charge in [-0.3, -0.25) is 0 Å². The second kappa shape index (κ2) is 3.16. The number of aliphatic imine (C=N–C) groups is 1. The van der Waals surface area contributed by atoms with Gasteiger partial charge in [-0.25, -0.2) is 4.99 Å². The Kier molecular flexibility index (Phi) is 2.22. The maximum absolute atomic E-state index is 8.62. The van der Waals surface area contributed by atoms with Gasteiger partial charge in [-0.2, -0.15) is 5.26 Å². The van der Waals surface area contributed by atoms with E-state index in [9.17, 15) is 0 Å². The average molecular weight is 146 g/mol. The van der Waals surface area contributed by atoms with Crippen molar-refractivity contribution in [2.75, 3.05) is 0 Å². The molecule has 0 amide bonds. The quantitative estimate of drug-likeness (QED) is 0.516. The predicted molar refractivity (Wildman–Crippen MR) is 45.2 cm³/mol. The van der Waals surface area contributed by atoms with Crippen LogP contribution in [0.5, 0.6) is 0 Å². The lowest BCUT2D eigenvalue weighted by atomic mass is 10.1. The molecule has 1 aliphatic rings. The van der Waals surface area contributed by atoms with Crippen molar-refractivity contribution in [1.29, 1.82) is 5.26 Å². The van der Waals surface area contributed by atoms with Gasteiger partial charge >= 0.3 is 0 Å². The lowest BCUT2D eigenvalue weighted by molar-refractivity contribution is 1.19. The zero-order chi connectivity index (χ0) is 8.27. The zero-order valence-corrected chi connectivity index (χ0v) is 6.76. The van der Waals surface area contributed by atoms with Gasteiger partial charge in [0.1, 0.15) is 11.8 Å². The molecule has 0 aromatic heterocycles. The van der Waals surface area contributed by atoms with E-state index in [0.717, 1.165) is 12.0 Å². The number of hydrogen-bond donors (Lipinski definition) is 0. The third-order valence-corrected chi connectivity index (χ3v) is 1.62. The highest BCUT2D eigenvalue weighted by Crippen LogP contribution is 2.10. The number of allylic oxidation sites excluding steroid dienone is 3. The van der Waals surface area contributed by atoms with Crippen LogP contribution in [0.3, 0.4) is 0 Å². The molecule has 0 N–H and O–H groups in total. The molecule has 11 heavy (non-hydrogen) atoms. The van der Waals surface area contributed by atoms with Crippen LogP contribution in [0.25, 0.3) is 0 Å². The van der Waals surface area contributed by atoms with Gasteiger partial charge in [-0.15, -0.1) is 0 Å². The minimum atomic E-state index is 0.529. The summed E-state index contributed by atoms with van der Waals surface area (Å²) >= 11 is 0. The Morgan fingerprint density at radius 3 is 2.91 bits per heavy atom. The first-order valence-corrected chi connectivity index (χ1v) is 3.54. The summed E-state index contributed by atoms with van der Waals surface area (Å²) in [5, 5.41) is 8.62. The Morgan fingerprint density at radius 1 is 1.55 bits per heavy atom. The second-order valence-electron chi connectivity index (χ2n) is 2.66. The molecule has 1 rings (SSSR count). The van der Waals surface area contributed by atoms with Gasteiger partial charge in [0.15, 0.2) is 0 Å². The molecule has 0 atom stereocenters. The summed E-state index contributed by atoms with van der Waals surface area (Å²) in [6.45, 7) is 3.92. The molecule has 2 heteroatoms. The van der Waals surface area contributed by atoms with Gasteiger partial charge in [-0.1, -0.05) is 11.6 Å². The topological polar surface area (TPSA) is 36.1 Å². The fraction of sp³-hybridized carbons (Fsp3) is 0.333. The standard InChI is InChI=1S/C9H10N2/c1-7-3-4-8(2)9(5-10)11-6-7/h4,6H,3H2,1-2H3. The monoisotopic (exact) mass is 146 g/mol. The highest BCUT2D eigenvalue weighted by Gasteiger charge is 2.02. The molecule has 0 aliphatic carbocycles. The molecule has 1 heterocycles. The number of hydrogen-bond acceptors (Lipinski definition) is 2. The zero-order valence-electron chi connectivity index (χ0n) is 6.76. The van der Waals surface area contributed by atoms with Crippen LogP contribution < -0.4 is 0 Å². The molecule has 0 saturated carbocycles. The van der Waals surface area contributed by atoms with Crippen molar-refractivity contribution >= 4 is 5.71 Å². The molecule has 1 aliphatic heterocycles. The Hall–Kier alpha value is -1.36. The van der Waals surface area contributed by atoms with E-state index in [4.69, 9.17) is 5.26 Å². The van der Waals surface area contributed by atoms with Gasteiger partial charge in [0.2, 0.25) is 0 Å². The van der Waals surface area contributed by atoms with Crippen molar-refractivity contribution in [2.24, 2.45) is 4.99 Å². The molecule has 0 bridgehead atoms. The molecular formula is C9H10N2. The van der Waals surface area contributed by atoms with Crippen molar-refractivity contribution in [1.82, 2.24) is 0 Å². The summed E-state index contributed by atoms with van der Waals surface area (Å²) in [5.41, 5.74) is 2.69. The normalized spacial score (nSPS) is 17.4. The molecule has 0 aromatic carbocycles. The van der Waals surface area contributed by atoms with E-state index in [2.05, 4.69) is 11.1 Å². The first-order chi connectivity index (χ1) is 5.24. The summed E-state index contributed by atoms with van der Waals surface area (Å²) in [4.78, 5) is 4.03. The molecule has 0 saturated heterocycles. The fourth-order valence-electron chi connectivity index (χ4n) is 0.857. The highest BCUT2D eigenvalue weighted by atomic mass is 14.7. The van der Waals surface area contributed by atoms with Crippen LogP contribution in [-0.4, -0.2) is 5.71 Å². The third kappa shape index (κ3) is 1.78. The molecule has 0 spiro atoms. The van der Waals surface area contributed by atoms with Gasteiger partial charge in [0, 0.05) is 6.20 Å². The van der Waals surface area contributed by atoms with Crippen molar-refractivity contribution in [2.45, 2.75) is 20.3 Å². The van der Waals surface area contributed by atoms with Crippen LogP contribution in [-0.2, 0) is 0 Å². The second-order valence-corrected chi connectivity index (χ2v) is 2.66. The Morgan fingerprint density at radius 2 is 2.27 bits per heavy atom. The lowest BCUT2D eigenvalue weighted by Gasteiger charge is -1.91. The number of nitrogens with zero attached hydrogens (tertiary/aromatic N) is 2. The minimum Gasteiger partial charge on any atom is -0.245 e. The van der Waals surface area contributed by atoms with E-state index in [1.165, 1.54) is 5.57 Å². The van der Waals surface area contributed by atoms with Crippen molar-refractivity contribution in [3.05, 3.63) is 23.4 Å². The highest BCUT2D eigenvalue weighted by molar-refractivity contribution is 6.11. The number of rotatable bonds is 0. The van der Waals surface area contributed by atoms with Crippen molar-refractivity contribution in [3.63, 3.8) is 0 Å². The Balaban J connectivity index is 3.01. The van der Waals surface area contributed by atoms with E-state index < -0.39 is 0 Å². The van der Waals surface area contributed by atoms with E-state index in [1.54, 1.807) is 6.20 Å². The van der Waals surface area contributed by atoms with Gasteiger partial charge in [0.25, 0.3) is 0 Å². The first-order valence-electron chi connectivity index (χ1n) is 3.54. The predicted octanol–water partition coefficient (Wildman–Crippen LogP) is 2.20. The van der Waals surface area contributed by atoms with E-state index in [-0.39, 0.29) is 0 Å². The molecule has 0 aromatic rings. The average Bonchev–Trinajstić information content (AvgIpc) is 2.15. The van der Waals surface area contributed by atoms with Gasteiger partial charge in [0.05, 0.1) is 0 Å². The van der Waals surface area contributed by atoms with Gasteiger partial charge in [-0.05, 0) is 25.8 Å². The van der Waals surface area contributed by atoms with E-state index >= 15 is 0 Å². The van der Waals surface area contributed by atoms with Crippen LogP contribution >= 0.6 is 0 Å². The van der Waals surface area contributed by atoms with Crippen molar-refractivity contribution < 1.29 is 0 Å². The molecular weight excluding hydrogens is 136 g/mol. The van der Waals surface area contributed by atoms with Crippen LogP contribution in [0.1, 0.15) is 20.3 Å². The summed E-state index contributed by atoms with van der Waals surface area (Å²) < 4.78 is 0. The number of nitriles is 1. The van der Waals surface area contributed by atoms with Gasteiger partial charge < -0.3 is 0 Å². The molecule has 0 unspecified atom stereocenters. The largest absolute Gasteiger partial charge is 0.245 e. The van der Waals surface area contributed by atoms with Crippen LogP contribution in [0.15, 0.2) is 28.4 Å². The molecule has 2 nitrogen and oxygen atoms in total. The molecule has 0 fully saturated rings. The molecule has 56 valence electrons.